The number of aliphatic hydroxyl groups excluding tert-OH is 1. The molecule has 1 aromatic rings. The summed E-state index contributed by atoms with van der Waals surface area (Å²) in [6, 6.07) is 7.46. The van der Waals surface area contributed by atoms with Gasteiger partial charge in [-0.05, 0) is 43.1 Å². The van der Waals surface area contributed by atoms with Crippen LogP contribution in [0.5, 0.6) is 0 Å². The van der Waals surface area contributed by atoms with Crippen LogP contribution in [0.3, 0.4) is 0 Å². The fourth-order valence-electron chi connectivity index (χ4n) is 3.74. The molecule has 0 fully saturated rings. The molecule has 218 valence electrons. The maximum Gasteiger partial charge on any atom is 0.408 e. The van der Waals surface area contributed by atoms with Crippen molar-refractivity contribution in [2.45, 2.75) is 105 Å². The predicted molar refractivity (Wildman–Crippen MR) is 150 cm³/mol. The van der Waals surface area contributed by atoms with E-state index in [4.69, 9.17) is 13.8 Å². The van der Waals surface area contributed by atoms with Gasteiger partial charge in [-0.2, -0.15) is 0 Å². The number of carbonyl (C=O) groups excluding carboxylic acids is 2. The number of ether oxygens (including phenoxy) is 1. The third-order valence-corrected chi connectivity index (χ3v) is 7.90. The molecule has 0 radical (unpaired) electrons. The molecule has 0 saturated heterocycles. The van der Waals surface area contributed by atoms with E-state index in [0.29, 0.717) is 25.7 Å². The maximum absolute atomic E-state index is 13.7. The first-order valence-corrected chi connectivity index (χ1v) is 15.5. The van der Waals surface area contributed by atoms with Gasteiger partial charge in [-0.15, -0.1) is 0 Å². The standard InChI is InChI=1S/C28H49N2O7P/c1-7-9-16-36-38(34,37-17-10-8-2)27(32)25(19-22(5)6)29-26(31)24(18-21(3)4)30-28(33)35-20-23-14-12-11-13-15-23/h11-15,21-22,24-25,27,32H,7-10,16-20H2,1-6H3,(H,29,31)(H,30,33)/t24-,25-,27?/m0/s1. The molecule has 1 rings (SSSR count). The third-order valence-electron chi connectivity index (χ3n) is 5.80. The number of alkyl carbamates (subject to hydrolysis) is 1. The van der Waals surface area contributed by atoms with Crippen LogP contribution in [0, 0.1) is 11.8 Å². The van der Waals surface area contributed by atoms with Crippen LogP contribution in [0.2, 0.25) is 0 Å². The number of rotatable bonds is 19. The second-order valence-electron chi connectivity index (χ2n) is 10.5. The zero-order valence-electron chi connectivity index (χ0n) is 24.0. The van der Waals surface area contributed by atoms with E-state index in [-0.39, 0.29) is 31.7 Å². The summed E-state index contributed by atoms with van der Waals surface area (Å²) in [5.41, 5.74) is 0.828. The summed E-state index contributed by atoms with van der Waals surface area (Å²) < 4.78 is 30.2. The van der Waals surface area contributed by atoms with Crippen LogP contribution < -0.4 is 10.6 Å². The predicted octanol–water partition coefficient (Wildman–Crippen LogP) is 6.00. The van der Waals surface area contributed by atoms with Gasteiger partial charge in [0, 0.05) is 0 Å². The third kappa shape index (κ3) is 13.2. The number of unbranched alkanes of at least 4 members (excludes halogenated alkanes) is 2. The monoisotopic (exact) mass is 556 g/mol. The Hall–Kier alpha value is -1.93. The summed E-state index contributed by atoms with van der Waals surface area (Å²) in [4.78, 5) is 25.9. The van der Waals surface area contributed by atoms with E-state index in [1.54, 1.807) is 0 Å². The lowest BCUT2D eigenvalue weighted by molar-refractivity contribution is -0.124. The molecular formula is C28H49N2O7P. The normalized spacial score (nSPS) is 14.2. The molecule has 38 heavy (non-hydrogen) atoms. The van der Waals surface area contributed by atoms with Crippen LogP contribution in [0.1, 0.15) is 85.6 Å². The van der Waals surface area contributed by atoms with Crippen molar-refractivity contribution in [2.24, 2.45) is 11.8 Å². The molecule has 3 N–H and O–H groups in total. The Morgan fingerprint density at radius 2 is 1.45 bits per heavy atom. The van der Waals surface area contributed by atoms with Crippen LogP contribution in [-0.4, -0.2) is 48.2 Å². The Morgan fingerprint density at radius 3 is 1.95 bits per heavy atom. The molecule has 0 aliphatic heterocycles. The fourth-order valence-corrected chi connectivity index (χ4v) is 5.52. The number of benzene rings is 1. The molecular weight excluding hydrogens is 507 g/mol. The number of hydrogen-bond acceptors (Lipinski definition) is 7. The molecule has 1 aromatic carbocycles. The maximum atomic E-state index is 13.7. The SMILES string of the molecule is CCCCOP(=O)(OCCCC)C(O)[C@H](CC(C)C)NC(=O)[C@H](CC(C)C)NC(=O)OCc1ccccc1. The first-order chi connectivity index (χ1) is 18.0. The topological polar surface area (TPSA) is 123 Å². The smallest absolute Gasteiger partial charge is 0.408 e. The van der Waals surface area contributed by atoms with Crippen molar-refractivity contribution in [2.75, 3.05) is 13.2 Å². The molecule has 0 aromatic heterocycles. The summed E-state index contributed by atoms with van der Waals surface area (Å²) in [5, 5.41) is 16.7. The molecule has 0 spiro atoms. The highest BCUT2D eigenvalue weighted by atomic mass is 31.2. The van der Waals surface area contributed by atoms with Crippen LogP contribution in [-0.2, 0) is 29.8 Å². The van der Waals surface area contributed by atoms with Gasteiger partial charge in [0.15, 0.2) is 5.85 Å². The van der Waals surface area contributed by atoms with Crippen LogP contribution >= 0.6 is 7.60 Å². The molecule has 9 nitrogen and oxygen atoms in total. The van der Waals surface area contributed by atoms with Crippen molar-refractivity contribution < 1.29 is 33.0 Å². The molecule has 2 amide bonds. The van der Waals surface area contributed by atoms with E-state index >= 15 is 0 Å². The highest BCUT2D eigenvalue weighted by molar-refractivity contribution is 7.54. The second-order valence-corrected chi connectivity index (χ2v) is 12.6. The number of aliphatic hydroxyl groups is 1. The number of nitrogens with one attached hydrogen (secondary N) is 2. The van der Waals surface area contributed by atoms with Crippen LogP contribution in [0.4, 0.5) is 4.79 Å². The van der Waals surface area contributed by atoms with Gasteiger partial charge in [-0.1, -0.05) is 84.7 Å². The Morgan fingerprint density at radius 1 is 0.895 bits per heavy atom. The highest BCUT2D eigenvalue weighted by Crippen LogP contribution is 2.54. The van der Waals surface area contributed by atoms with E-state index in [0.717, 1.165) is 18.4 Å². The molecule has 0 saturated carbocycles. The molecule has 1 unspecified atom stereocenters. The molecule has 3 atom stereocenters. The highest BCUT2D eigenvalue weighted by Gasteiger charge is 2.42. The zero-order valence-corrected chi connectivity index (χ0v) is 24.9. The zero-order chi connectivity index (χ0) is 28.6. The van der Waals surface area contributed by atoms with Gasteiger partial charge in [0.2, 0.25) is 5.91 Å². The van der Waals surface area contributed by atoms with Crippen molar-refractivity contribution in [1.29, 1.82) is 0 Å². The quantitative estimate of drug-likeness (QED) is 0.141. The lowest BCUT2D eigenvalue weighted by atomic mass is 10.0. The van der Waals surface area contributed by atoms with Gasteiger partial charge < -0.3 is 29.5 Å². The second kappa shape index (κ2) is 18.4. The summed E-state index contributed by atoms with van der Waals surface area (Å²) in [6.45, 7) is 12.2. The lowest BCUT2D eigenvalue weighted by Gasteiger charge is -2.32. The van der Waals surface area contributed by atoms with E-state index in [9.17, 15) is 19.3 Å². The van der Waals surface area contributed by atoms with Crippen molar-refractivity contribution in [3.63, 3.8) is 0 Å². The van der Waals surface area contributed by atoms with Gasteiger partial charge in [-0.25, -0.2) is 4.79 Å². The molecule has 0 aliphatic rings. The summed E-state index contributed by atoms with van der Waals surface area (Å²) >= 11 is 0. The Labute approximate surface area is 228 Å². The summed E-state index contributed by atoms with van der Waals surface area (Å²) in [7, 11) is -3.94. The van der Waals surface area contributed by atoms with Crippen LogP contribution in [0.25, 0.3) is 0 Å². The van der Waals surface area contributed by atoms with Gasteiger partial charge in [0.1, 0.15) is 12.6 Å². The molecule has 10 heteroatoms. The van der Waals surface area contributed by atoms with Crippen molar-refractivity contribution in [3.8, 4) is 0 Å². The fraction of sp³-hybridized carbons (Fsp3) is 0.714. The number of hydrogen-bond donors (Lipinski definition) is 3. The molecule has 0 aliphatic carbocycles. The lowest BCUT2D eigenvalue weighted by Crippen LogP contribution is -2.53. The molecule has 0 bridgehead atoms. The van der Waals surface area contributed by atoms with Crippen molar-refractivity contribution in [1.82, 2.24) is 10.6 Å². The van der Waals surface area contributed by atoms with E-state index in [1.807, 2.05) is 71.9 Å². The first-order valence-electron chi connectivity index (χ1n) is 13.9. The summed E-state index contributed by atoms with van der Waals surface area (Å²) in [5.74, 6) is -1.88. The van der Waals surface area contributed by atoms with Crippen molar-refractivity contribution in [3.05, 3.63) is 35.9 Å². The van der Waals surface area contributed by atoms with E-state index < -0.39 is 37.5 Å². The summed E-state index contributed by atoms with van der Waals surface area (Å²) in [6.07, 6.45) is 2.99. The van der Waals surface area contributed by atoms with Gasteiger partial charge in [0.05, 0.1) is 19.3 Å². The van der Waals surface area contributed by atoms with E-state index in [1.165, 1.54) is 0 Å². The molecule has 0 heterocycles. The minimum atomic E-state index is -3.94. The Balaban J connectivity index is 3.01. The van der Waals surface area contributed by atoms with Crippen LogP contribution in [0.15, 0.2) is 30.3 Å². The van der Waals surface area contributed by atoms with Gasteiger partial charge in [0.25, 0.3) is 0 Å². The number of carbonyl (C=O) groups is 2. The average molecular weight is 557 g/mol. The number of amides is 2. The van der Waals surface area contributed by atoms with Gasteiger partial charge in [-0.3, -0.25) is 9.36 Å². The van der Waals surface area contributed by atoms with E-state index in [2.05, 4.69) is 10.6 Å². The minimum absolute atomic E-state index is 0.0713. The first kappa shape index (κ1) is 34.1. The van der Waals surface area contributed by atoms with Crippen molar-refractivity contribution >= 4 is 19.6 Å². The average Bonchev–Trinajstić information content (AvgIpc) is 2.86. The Bertz CT molecular complexity index is 837. The Kier molecular flexibility index (Phi) is 16.5. The largest absolute Gasteiger partial charge is 0.445 e. The van der Waals surface area contributed by atoms with Gasteiger partial charge >= 0.3 is 13.7 Å². The minimum Gasteiger partial charge on any atom is -0.445 e.